The van der Waals surface area contributed by atoms with E-state index < -0.39 is 11.8 Å². The van der Waals surface area contributed by atoms with Crippen LogP contribution in [0.25, 0.3) is 0 Å². The molecule has 0 fully saturated rings. The van der Waals surface area contributed by atoms with Crippen molar-refractivity contribution in [3.8, 4) is 0 Å². The first kappa shape index (κ1) is 9.15. The van der Waals surface area contributed by atoms with E-state index in [1.54, 1.807) is 0 Å². The van der Waals surface area contributed by atoms with Gasteiger partial charge in [-0.25, -0.2) is 9.18 Å². The summed E-state index contributed by atoms with van der Waals surface area (Å²) in [5.41, 5.74) is 7.10. The van der Waals surface area contributed by atoms with Crippen molar-refractivity contribution in [2.45, 2.75) is 18.9 Å². The molecule has 0 bridgehead atoms. The van der Waals surface area contributed by atoms with E-state index in [2.05, 4.69) is 0 Å². The highest BCUT2D eigenvalue weighted by molar-refractivity contribution is 5.90. The number of carbonyl (C=O) groups is 1. The first-order valence-electron chi connectivity index (χ1n) is 4.41. The van der Waals surface area contributed by atoms with Crippen LogP contribution >= 0.6 is 0 Å². The average molecular weight is 195 g/mol. The van der Waals surface area contributed by atoms with E-state index in [4.69, 9.17) is 10.8 Å². The standard InChI is InChI=1S/C10H10FNO2/c11-5-3-7-6(1-2-9(7)12)8(4-5)10(13)14/h3-4,9H,1-2,12H2,(H,13,14)/t9-/m1/s1. The smallest absolute Gasteiger partial charge is 0.336 e. The first-order chi connectivity index (χ1) is 6.59. The summed E-state index contributed by atoms with van der Waals surface area (Å²) in [4.78, 5) is 10.8. The van der Waals surface area contributed by atoms with E-state index in [9.17, 15) is 9.18 Å². The number of hydrogen-bond acceptors (Lipinski definition) is 2. The summed E-state index contributed by atoms with van der Waals surface area (Å²) in [6.45, 7) is 0. The first-order valence-corrected chi connectivity index (χ1v) is 4.41. The number of benzene rings is 1. The maximum absolute atomic E-state index is 13.0. The van der Waals surface area contributed by atoms with Crippen molar-refractivity contribution in [3.05, 3.63) is 34.6 Å². The molecule has 0 amide bonds. The Morgan fingerprint density at radius 3 is 2.93 bits per heavy atom. The van der Waals surface area contributed by atoms with Gasteiger partial charge in [-0.1, -0.05) is 0 Å². The maximum atomic E-state index is 13.0. The summed E-state index contributed by atoms with van der Waals surface area (Å²) in [5, 5.41) is 8.85. The maximum Gasteiger partial charge on any atom is 0.336 e. The number of fused-ring (bicyclic) bond motifs is 1. The Hall–Kier alpha value is -1.42. The third-order valence-electron chi connectivity index (χ3n) is 2.58. The van der Waals surface area contributed by atoms with Gasteiger partial charge in [0.05, 0.1) is 5.56 Å². The van der Waals surface area contributed by atoms with Crippen LogP contribution in [0.3, 0.4) is 0 Å². The quantitative estimate of drug-likeness (QED) is 0.713. The van der Waals surface area contributed by atoms with Gasteiger partial charge in [0.15, 0.2) is 0 Å². The van der Waals surface area contributed by atoms with Crippen LogP contribution in [0.1, 0.15) is 33.9 Å². The Balaban J connectivity index is 2.63. The molecule has 0 saturated carbocycles. The van der Waals surface area contributed by atoms with Crippen molar-refractivity contribution in [1.82, 2.24) is 0 Å². The fourth-order valence-corrected chi connectivity index (χ4v) is 1.91. The zero-order chi connectivity index (χ0) is 10.3. The molecule has 3 nitrogen and oxygen atoms in total. The van der Waals surface area contributed by atoms with Crippen molar-refractivity contribution >= 4 is 5.97 Å². The molecule has 0 unspecified atom stereocenters. The van der Waals surface area contributed by atoms with Crippen molar-refractivity contribution in [2.24, 2.45) is 5.73 Å². The normalized spacial score (nSPS) is 19.4. The van der Waals surface area contributed by atoms with Crippen LogP contribution < -0.4 is 5.73 Å². The van der Waals surface area contributed by atoms with Gasteiger partial charge in [-0.15, -0.1) is 0 Å². The Labute approximate surface area is 80.3 Å². The molecule has 1 aromatic carbocycles. The summed E-state index contributed by atoms with van der Waals surface area (Å²) in [6.07, 6.45) is 1.32. The van der Waals surface area contributed by atoms with Gasteiger partial charge >= 0.3 is 5.97 Å². The summed E-state index contributed by atoms with van der Waals surface area (Å²) < 4.78 is 13.0. The van der Waals surface area contributed by atoms with Crippen LogP contribution in [-0.2, 0) is 6.42 Å². The molecule has 0 aromatic heterocycles. The molecule has 0 spiro atoms. The van der Waals surface area contributed by atoms with Gasteiger partial charge in [0.1, 0.15) is 5.82 Å². The summed E-state index contributed by atoms with van der Waals surface area (Å²) in [7, 11) is 0. The minimum Gasteiger partial charge on any atom is -0.478 e. The molecule has 1 aliphatic carbocycles. The molecular formula is C10H10FNO2. The van der Waals surface area contributed by atoms with E-state index in [0.29, 0.717) is 24.0 Å². The number of nitrogens with two attached hydrogens (primary N) is 1. The van der Waals surface area contributed by atoms with Crippen molar-refractivity contribution < 1.29 is 14.3 Å². The van der Waals surface area contributed by atoms with Crippen LogP contribution in [0.15, 0.2) is 12.1 Å². The molecule has 1 atom stereocenters. The molecule has 3 N–H and O–H groups in total. The molecule has 0 heterocycles. The van der Waals surface area contributed by atoms with E-state index in [1.807, 2.05) is 0 Å². The monoisotopic (exact) mass is 195 g/mol. The number of rotatable bonds is 1. The predicted octanol–water partition coefficient (Wildman–Crippen LogP) is 1.47. The molecular weight excluding hydrogens is 185 g/mol. The van der Waals surface area contributed by atoms with E-state index in [1.165, 1.54) is 6.07 Å². The molecule has 1 aromatic rings. The van der Waals surface area contributed by atoms with Crippen molar-refractivity contribution in [3.63, 3.8) is 0 Å². The minimum atomic E-state index is -1.09. The lowest BCUT2D eigenvalue weighted by molar-refractivity contribution is 0.0695. The second kappa shape index (κ2) is 3.06. The van der Waals surface area contributed by atoms with Gasteiger partial charge in [-0.3, -0.25) is 0 Å². The van der Waals surface area contributed by atoms with Gasteiger partial charge in [-0.05, 0) is 36.1 Å². The molecule has 4 heteroatoms. The Morgan fingerprint density at radius 2 is 2.29 bits per heavy atom. The zero-order valence-electron chi connectivity index (χ0n) is 7.46. The zero-order valence-corrected chi connectivity index (χ0v) is 7.46. The van der Waals surface area contributed by atoms with E-state index in [0.717, 1.165) is 6.07 Å². The third kappa shape index (κ3) is 1.28. The van der Waals surface area contributed by atoms with Gasteiger partial charge < -0.3 is 10.8 Å². The van der Waals surface area contributed by atoms with Crippen LogP contribution in [0.4, 0.5) is 4.39 Å². The van der Waals surface area contributed by atoms with Gasteiger partial charge in [0.25, 0.3) is 0 Å². The second-order valence-electron chi connectivity index (χ2n) is 3.47. The van der Waals surface area contributed by atoms with Crippen LogP contribution in [0, 0.1) is 5.82 Å². The predicted molar refractivity (Wildman–Crippen MR) is 48.6 cm³/mol. The van der Waals surface area contributed by atoms with E-state index >= 15 is 0 Å². The largest absolute Gasteiger partial charge is 0.478 e. The SMILES string of the molecule is N[C@@H]1CCc2c(C(=O)O)cc(F)cc21. The molecule has 0 saturated heterocycles. The van der Waals surface area contributed by atoms with Gasteiger partial charge in [0.2, 0.25) is 0 Å². The lowest BCUT2D eigenvalue weighted by Crippen LogP contribution is -2.08. The Kier molecular flexibility index (Phi) is 2.00. The molecule has 0 aliphatic heterocycles. The number of hydrogen-bond donors (Lipinski definition) is 2. The number of aromatic carboxylic acids is 1. The minimum absolute atomic E-state index is 0.0490. The molecule has 74 valence electrons. The Bertz CT molecular complexity index is 403. The van der Waals surface area contributed by atoms with E-state index in [-0.39, 0.29) is 11.6 Å². The number of carboxylic acid groups (broad SMARTS) is 1. The molecule has 14 heavy (non-hydrogen) atoms. The fraction of sp³-hybridized carbons (Fsp3) is 0.300. The topological polar surface area (TPSA) is 63.3 Å². The van der Waals surface area contributed by atoms with Gasteiger partial charge in [0, 0.05) is 6.04 Å². The van der Waals surface area contributed by atoms with Crippen LogP contribution in [0.2, 0.25) is 0 Å². The Morgan fingerprint density at radius 1 is 1.57 bits per heavy atom. The summed E-state index contributed by atoms with van der Waals surface area (Å²) in [5.74, 6) is -1.62. The highest BCUT2D eigenvalue weighted by atomic mass is 19.1. The molecule has 2 rings (SSSR count). The van der Waals surface area contributed by atoms with Crippen LogP contribution in [0.5, 0.6) is 0 Å². The summed E-state index contributed by atoms with van der Waals surface area (Å²) >= 11 is 0. The van der Waals surface area contributed by atoms with Crippen LogP contribution in [-0.4, -0.2) is 11.1 Å². The summed E-state index contributed by atoms with van der Waals surface area (Å²) in [6, 6.07) is 2.16. The molecule has 1 aliphatic rings. The highest BCUT2D eigenvalue weighted by Gasteiger charge is 2.25. The average Bonchev–Trinajstić information content (AvgIpc) is 2.47. The number of halogens is 1. The lowest BCUT2D eigenvalue weighted by Gasteiger charge is -2.06. The third-order valence-corrected chi connectivity index (χ3v) is 2.58. The lowest BCUT2D eigenvalue weighted by atomic mass is 10.0. The fourth-order valence-electron chi connectivity index (χ4n) is 1.91. The van der Waals surface area contributed by atoms with Crippen molar-refractivity contribution in [1.29, 1.82) is 0 Å². The highest BCUT2D eigenvalue weighted by Crippen LogP contribution is 2.32. The second-order valence-corrected chi connectivity index (χ2v) is 3.47. The van der Waals surface area contributed by atoms with Crippen molar-refractivity contribution in [2.75, 3.05) is 0 Å². The van der Waals surface area contributed by atoms with Gasteiger partial charge in [-0.2, -0.15) is 0 Å². The number of carboxylic acids is 1. The molecule has 0 radical (unpaired) electrons.